The van der Waals surface area contributed by atoms with Crippen molar-refractivity contribution in [3.05, 3.63) is 70.9 Å². The predicted molar refractivity (Wildman–Crippen MR) is 108 cm³/mol. The lowest BCUT2D eigenvalue weighted by atomic mass is 10.1. The first-order chi connectivity index (χ1) is 13.4. The van der Waals surface area contributed by atoms with E-state index in [2.05, 4.69) is 15.7 Å². The number of aromatic nitrogens is 2. The average Bonchev–Trinajstić information content (AvgIpc) is 3.06. The van der Waals surface area contributed by atoms with Gasteiger partial charge in [-0.2, -0.15) is 0 Å². The predicted octanol–water partition coefficient (Wildman–Crippen LogP) is 3.55. The zero-order valence-corrected chi connectivity index (χ0v) is 16.2. The van der Waals surface area contributed by atoms with E-state index in [0.29, 0.717) is 16.8 Å². The highest BCUT2D eigenvalue weighted by molar-refractivity contribution is 6.07. The molecule has 2 N–H and O–H groups in total. The van der Waals surface area contributed by atoms with Crippen molar-refractivity contribution in [1.82, 2.24) is 9.78 Å². The van der Waals surface area contributed by atoms with E-state index in [0.717, 1.165) is 16.8 Å². The Balaban J connectivity index is 1.70. The minimum Gasteiger partial charge on any atom is -0.479 e. The maximum atomic E-state index is 12.5. The van der Waals surface area contributed by atoms with Crippen LogP contribution in [-0.4, -0.2) is 28.7 Å². The number of anilines is 2. The van der Waals surface area contributed by atoms with E-state index in [-0.39, 0.29) is 17.7 Å². The molecule has 2 aromatic carbocycles. The summed E-state index contributed by atoms with van der Waals surface area (Å²) in [5.74, 6) is -0.289. The Labute approximate surface area is 163 Å². The fourth-order valence-corrected chi connectivity index (χ4v) is 2.74. The number of nitrogens with zero attached hydrogens (tertiary/aromatic N) is 2. The molecule has 7 nitrogen and oxygen atoms in total. The standard InChI is InChI=1S/C21H22N4O3/c1-13-5-6-14(2)18(11-13)23-19(26)15-7-9-16(10-8-15)22-20(27)17-12-25(3)24-21(17)28-4/h5-12H,1-4H3,(H,22,27)(H,23,26). The molecule has 1 heterocycles. The molecule has 0 aliphatic rings. The van der Waals surface area contributed by atoms with Crippen molar-refractivity contribution in [2.75, 3.05) is 17.7 Å². The molecule has 3 rings (SSSR count). The zero-order chi connectivity index (χ0) is 20.3. The average molecular weight is 378 g/mol. The molecule has 0 saturated heterocycles. The molecular weight excluding hydrogens is 356 g/mol. The van der Waals surface area contributed by atoms with Crippen LogP contribution < -0.4 is 15.4 Å². The smallest absolute Gasteiger partial charge is 0.262 e. The van der Waals surface area contributed by atoms with Gasteiger partial charge in [-0.3, -0.25) is 14.3 Å². The summed E-state index contributed by atoms with van der Waals surface area (Å²) in [5.41, 5.74) is 4.25. The van der Waals surface area contributed by atoms with Gasteiger partial charge in [0.05, 0.1) is 7.11 Å². The molecule has 0 aliphatic carbocycles. The quantitative estimate of drug-likeness (QED) is 0.711. The van der Waals surface area contributed by atoms with E-state index in [4.69, 9.17) is 4.74 Å². The number of amides is 2. The largest absolute Gasteiger partial charge is 0.479 e. The van der Waals surface area contributed by atoms with Crippen LogP contribution in [0.3, 0.4) is 0 Å². The highest BCUT2D eigenvalue weighted by Crippen LogP contribution is 2.20. The lowest BCUT2D eigenvalue weighted by molar-refractivity contribution is 0.101. The first kappa shape index (κ1) is 19.2. The monoisotopic (exact) mass is 378 g/mol. The van der Waals surface area contributed by atoms with Crippen molar-refractivity contribution < 1.29 is 14.3 Å². The van der Waals surface area contributed by atoms with Crippen LogP contribution in [-0.2, 0) is 7.05 Å². The summed E-state index contributed by atoms with van der Waals surface area (Å²) in [4.78, 5) is 24.9. The zero-order valence-electron chi connectivity index (χ0n) is 16.2. The van der Waals surface area contributed by atoms with Crippen LogP contribution in [0.25, 0.3) is 0 Å². The number of ether oxygens (including phenoxy) is 1. The van der Waals surface area contributed by atoms with Crippen molar-refractivity contribution in [2.45, 2.75) is 13.8 Å². The maximum absolute atomic E-state index is 12.5. The summed E-state index contributed by atoms with van der Waals surface area (Å²) in [7, 11) is 3.17. The number of carbonyl (C=O) groups excluding carboxylic acids is 2. The number of methoxy groups -OCH3 is 1. The molecule has 0 unspecified atom stereocenters. The molecule has 7 heteroatoms. The molecule has 3 aromatic rings. The molecule has 144 valence electrons. The Morgan fingerprint density at radius 1 is 1.00 bits per heavy atom. The Bertz CT molecular complexity index is 1020. The summed E-state index contributed by atoms with van der Waals surface area (Å²) >= 11 is 0. The van der Waals surface area contributed by atoms with Gasteiger partial charge in [0, 0.05) is 30.2 Å². The van der Waals surface area contributed by atoms with Gasteiger partial charge >= 0.3 is 0 Å². The molecule has 0 radical (unpaired) electrons. The van der Waals surface area contributed by atoms with Gasteiger partial charge in [-0.1, -0.05) is 12.1 Å². The third-order valence-corrected chi connectivity index (χ3v) is 4.28. The van der Waals surface area contributed by atoms with Crippen LogP contribution in [0, 0.1) is 13.8 Å². The van der Waals surface area contributed by atoms with Gasteiger partial charge in [-0.05, 0) is 55.3 Å². The molecule has 0 spiro atoms. The van der Waals surface area contributed by atoms with E-state index in [1.54, 1.807) is 37.5 Å². The summed E-state index contributed by atoms with van der Waals surface area (Å²) < 4.78 is 6.61. The SMILES string of the molecule is COc1nn(C)cc1C(=O)Nc1ccc(C(=O)Nc2cc(C)ccc2C)cc1. The van der Waals surface area contributed by atoms with E-state index in [1.807, 2.05) is 32.0 Å². The van der Waals surface area contributed by atoms with Crippen molar-refractivity contribution >= 4 is 23.2 Å². The molecule has 1 aromatic heterocycles. The Hall–Kier alpha value is -3.61. The highest BCUT2D eigenvalue weighted by atomic mass is 16.5. The number of nitrogens with one attached hydrogen (secondary N) is 2. The van der Waals surface area contributed by atoms with Crippen molar-refractivity contribution in [3.63, 3.8) is 0 Å². The van der Waals surface area contributed by atoms with Crippen LogP contribution in [0.1, 0.15) is 31.8 Å². The number of hydrogen-bond acceptors (Lipinski definition) is 4. The fraction of sp³-hybridized carbons (Fsp3) is 0.190. The van der Waals surface area contributed by atoms with E-state index in [9.17, 15) is 9.59 Å². The molecule has 0 fully saturated rings. The second-order valence-electron chi connectivity index (χ2n) is 6.53. The van der Waals surface area contributed by atoms with Crippen LogP contribution in [0.4, 0.5) is 11.4 Å². The molecule has 0 atom stereocenters. The van der Waals surface area contributed by atoms with Gasteiger partial charge in [-0.15, -0.1) is 5.10 Å². The lowest BCUT2D eigenvalue weighted by Gasteiger charge is -2.10. The Morgan fingerprint density at radius 2 is 1.71 bits per heavy atom. The molecule has 0 bridgehead atoms. The maximum Gasteiger partial charge on any atom is 0.262 e. The number of aryl methyl sites for hydroxylation is 3. The summed E-state index contributed by atoms with van der Waals surface area (Å²) in [6.07, 6.45) is 1.58. The van der Waals surface area contributed by atoms with Crippen LogP contribution in [0.15, 0.2) is 48.7 Å². The Morgan fingerprint density at radius 3 is 2.39 bits per heavy atom. The summed E-state index contributed by atoms with van der Waals surface area (Å²) in [5, 5.41) is 9.76. The first-order valence-electron chi connectivity index (χ1n) is 8.75. The number of benzene rings is 2. The molecule has 28 heavy (non-hydrogen) atoms. The van der Waals surface area contributed by atoms with Crippen LogP contribution in [0.5, 0.6) is 5.88 Å². The van der Waals surface area contributed by atoms with Gasteiger partial charge in [0.2, 0.25) is 5.88 Å². The van der Waals surface area contributed by atoms with E-state index >= 15 is 0 Å². The summed E-state index contributed by atoms with van der Waals surface area (Å²) in [6, 6.07) is 12.6. The second-order valence-corrected chi connectivity index (χ2v) is 6.53. The topological polar surface area (TPSA) is 85.2 Å². The van der Waals surface area contributed by atoms with Gasteiger partial charge in [-0.25, -0.2) is 0 Å². The summed E-state index contributed by atoms with van der Waals surface area (Å²) in [6.45, 7) is 3.92. The van der Waals surface area contributed by atoms with Crippen molar-refractivity contribution in [3.8, 4) is 5.88 Å². The molecule has 0 aliphatic heterocycles. The van der Waals surface area contributed by atoms with Crippen molar-refractivity contribution in [2.24, 2.45) is 7.05 Å². The number of hydrogen-bond donors (Lipinski definition) is 2. The van der Waals surface area contributed by atoms with E-state index in [1.165, 1.54) is 11.8 Å². The van der Waals surface area contributed by atoms with Gasteiger partial charge < -0.3 is 15.4 Å². The minimum absolute atomic E-state index is 0.208. The molecule has 0 saturated carbocycles. The number of carbonyl (C=O) groups is 2. The Kier molecular flexibility index (Phi) is 5.44. The highest BCUT2D eigenvalue weighted by Gasteiger charge is 2.16. The first-order valence-corrected chi connectivity index (χ1v) is 8.75. The fourth-order valence-electron chi connectivity index (χ4n) is 2.74. The molecule has 2 amide bonds. The second kappa shape index (κ2) is 7.96. The van der Waals surface area contributed by atoms with Gasteiger partial charge in [0.25, 0.3) is 11.8 Å². The normalized spacial score (nSPS) is 10.4. The van der Waals surface area contributed by atoms with E-state index < -0.39 is 0 Å². The molecular formula is C21H22N4O3. The van der Waals surface area contributed by atoms with Crippen LogP contribution >= 0.6 is 0 Å². The van der Waals surface area contributed by atoms with Crippen LogP contribution in [0.2, 0.25) is 0 Å². The van der Waals surface area contributed by atoms with Gasteiger partial charge in [0.15, 0.2) is 0 Å². The minimum atomic E-state index is -0.336. The lowest BCUT2D eigenvalue weighted by Crippen LogP contribution is -2.14. The van der Waals surface area contributed by atoms with Gasteiger partial charge in [0.1, 0.15) is 5.56 Å². The number of rotatable bonds is 5. The van der Waals surface area contributed by atoms with Crippen molar-refractivity contribution in [1.29, 1.82) is 0 Å². The third kappa shape index (κ3) is 4.20. The third-order valence-electron chi connectivity index (χ3n) is 4.28.